The predicted molar refractivity (Wildman–Crippen MR) is 79.1 cm³/mol. The van der Waals surface area contributed by atoms with Crippen LogP contribution in [0.1, 0.15) is 16.7 Å². The average Bonchev–Trinajstić information content (AvgIpc) is 2.50. The Morgan fingerprint density at radius 3 is 2.30 bits per heavy atom. The molecule has 0 aliphatic heterocycles. The summed E-state index contributed by atoms with van der Waals surface area (Å²) in [6.07, 6.45) is 0.319. The van der Waals surface area contributed by atoms with Gasteiger partial charge in [-0.3, -0.25) is 4.79 Å². The second-order valence-electron chi connectivity index (χ2n) is 4.61. The highest BCUT2D eigenvalue weighted by molar-refractivity contribution is 5.72. The minimum atomic E-state index is -0.208. The maximum Gasteiger partial charge on any atom is 0.309 e. The molecule has 0 aliphatic rings. The highest BCUT2D eigenvalue weighted by atomic mass is 16.5. The first kappa shape index (κ1) is 14.3. The lowest BCUT2D eigenvalue weighted by Gasteiger charge is -2.10. The first-order valence-electron chi connectivity index (χ1n) is 6.68. The van der Waals surface area contributed by atoms with Crippen LogP contribution in [0.25, 0.3) is 0 Å². The molecule has 3 nitrogen and oxygen atoms in total. The van der Waals surface area contributed by atoms with Crippen LogP contribution < -0.4 is 5.32 Å². The summed E-state index contributed by atoms with van der Waals surface area (Å²) >= 11 is 0. The van der Waals surface area contributed by atoms with Crippen LogP contribution in [-0.4, -0.2) is 13.1 Å². The molecule has 0 aliphatic carbocycles. The minimum Gasteiger partial charge on any atom is -0.469 e. The Balaban J connectivity index is 1.94. The van der Waals surface area contributed by atoms with Gasteiger partial charge in [-0.15, -0.1) is 0 Å². The van der Waals surface area contributed by atoms with E-state index in [0.717, 1.165) is 24.2 Å². The fraction of sp³-hybridized carbons (Fsp3) is 0.235. The Hall–Kier alpha value is -2.13. The number of benzene rings is 2. The van der Waals surface area contributed by atoms with Crippen molar-refractivity contribution in [3.63, 3.8) is 0 Å². The molecule has 104 valence electrons. The zero-order valence-electron chi connectivity index (χ0n) is 11.6. The number of rotatable bonds is 6. The zero-order chi connectivity index (χ0) is 14.2. The first-order valence-corrected chi connectivity index (χ1v) is 6.68. The lowest BCUT2D eigenvalue weighted by Crippen LogP contribution is -2.15. The lowest BCUT2D eigenvalue weighted by molar-refractivity contribution is -0.139. The van der Waals surface area contributed by atoms with Crippen molar-refractivity contribution in [3.8, 4) is 0 Å². The molecule has 0 amide bonds. The molecule has 0 aromatic heterocycles. The standard InChI is InChI=1S/C17H19NO2/c1-20-17(19)11-15-9-5-6-10-16(15)13-18-12-14-7-3-2-4-8-14/h2-10,18H,11-13H2,1H3. The topological polar surface area (TPSA) is 38.3 Å². The van der Waals surface area contributed by atoms with Crippen LogP contribution in [-0.2, 0) is 29.0 Å². The normalized spacial score (nSPS) is 10.2. The van der Waals surface area contributed by atoms with E-state index in [1.165, 1.54) is 12.7 Å². The number of methoxy groups -OCH3 is 1. The molecule has 1 N–H and O–H groups in total. The quantitative estimate of drug-likeness (QED) is 0.819. The molecule has 0 atom stereocenters. The largest absolute Gasteiger partial charge is 0.469 e. The number of carbonyl (C=O) groups excluding carboxylic acids is 1. The smallest absolute Gasteiger partial charge is 0.309 e. The number of carbonyl (C=O) groups is 1. The van der Waals surface area contributed by atoms with Crippen LogP contribution in [0.3, 0.4) is 0 Å². The van der Waals surface area contributed by atoms with Gasteiger partial charge in [0.25, 0.3) is 0 Å². The summed E-state index contributed by atoms with van der Waals surface area (Å²) in [6, 6.07) is 18.2. The third-order valence-corrected chi connectivity index (χ3v) is 3.17. The van der Waals surface area contributed by atoms with Crippen LogP contribution in [0.15, 0.2) is 54.6 Å². The number of ether oxygens (including phenoxy) is 1. The van der Waals surface area contributed by atoms with Gasteiger partial charge in [0.2, 0.25) is 0 Å². The fourth-order valence-electron chi connectivity index (χ4n) is 2.07. The second kappa shape index (κ2) is 7.46. The van der Waals surface area contributed by atoms with E-state index in [0.29, 0.717) is 6.42 Å². The van der Waals surface area contributed by atoms with Crippen LogP contribution in [0.2, 0.25) is 0 Å². The molecular formula is C17H19NO2. The van der Waals surface area contributed by atoms with Crippen molar-refractivity contribution in [2.24, 2.45) is 0 Å². The second-order valence-corrected chi connectivity index (χ2v) is 4.61. The Labute approximate surface area is 119 Å². The molecule has 0 unspecified atom stereocenters. The van der Waals surface area contributed by atoms with Crippen molar-refractivity contribution < 1.29 is 9.53 Å². The van der Waals surface area contributed by atoms with E-state index >= 15 is 0 Å². The van der Waals surface area contributed by atoms with E-state index in [9.17, 15) is 4.79 Å². The summed E-state index contributed by atoms with van der Waals surface area (Å²) < 4.78 is 4.72. The Morgan fingerprint density at radius 1 is 0.950 bits per heavy atom. The summed E-state index contributed by atoms with van der Waals surface area (Å²) in [5, 5.41) is 3.40. The third kappa shape index (κ3) is 4.21. The van der Waals surface area contributed by atoms with E-state index in [1.807, 2.05) is 42.5 Å². The van der Waals surface area contributed by atoms with Gasteiger partial charge in [0, 0.05) is 13.1 Å². The molecule has 0 heterocycles. The van der Waals surface area contributed by atoms with Crippen LogP contribution in [0.4, 0.5) is 0 Å². The fourth-order valence-corrected chi connectivity index (χ4v) is 2.07. The molecule has 2 rings (SSSR count). The van der Waals surface area contributed by atoms with E-state index < -0.39 is 0 Å². The maximum absolute atomic E-state index is 11.4. The molecule has 0 spiro atoms. The lowest BCUT2D eigenvalue weighted by atomic mass is 10.0. The molecule has 0 radical (unpaired) electrons. The van der Waals surface area contributed by atoms with Crippen molar-refractivity contribution in [1.29, 1.82) is 0 Å². The van der Waals surface area contributed by atoms with E-state index in [-0.39, 0.29) is 5.97 Å². The summed E-state index contributed by atoms with van der Waals surface area (Å²) in [6.45, 7) is 1.55. The van der Waals surface area contributed by atoms with Crippen molar-refractivity contribution in [2.45, 2.75) is 19.5 Å². The predicted octanol–water partition coefficient (Wildman–Crippen LogP) is 2.69. The van der Waals surface area contributed by atoms with Gasteiger partial charge in [0.05, 0.1) is 13.5 Å². The Morgan fingerprint density at radius 2 is 1.60 bits per heavy atom. The highest BCUT2D eigenvalue weighted by Gasteiger charge is 2.07. The highest BCUT2D eigenvalue weighted by Crippen LogP contribution is 2.10. The molecular weight excluding hydrogens is 250 g/mol. The van der Waals surface area contributed by atoms with Gasteiger partial charge in [-0.1, -0.05) is 54.6 Å². The molecule has 20 heavy (non-hydrogen) atoms. The van der Waals surface area contributed by atoms with Gasteiger partial charge in [-0.2, -0.15) is 0 Å². The summed E-state index contributed by atoms with van der Waals surface area (Å²) in [5.41, 5.74) is 3.40. The molecule has 2 aromatic rings. The van der Waals surface area contributed by atoms with E-state index in [4.69, 9.17) is 4.74 Å². The van der Waals surface area contributed by atoms with Crippen LogP contribution in [0.5, 0.6) is 0 Å². The molecule has 0 saturated heterocycles. The van der Waals surface area contributed by atoms with Crippen molar-refractivity contribution >= 4 is 5.97 Å². The molecule has 0 fully saturated rings. The molecule has 3 heteroatoms. The van der Waals surface area contributed by atoms with Crippen molar-refractivity contribution in [1.82, 2.24) is 5.32 Å². The summed E-state index contributed by atoms with van der Waals surface area (Å²) in [5.74, 6) is -0.208. The molecule has 0 saturated carbocycles. The van der Waals surface area contributed by atoms with Gasteiger partial charge < -0.3 is 10.1 Å². The van der Waals surface area contributed by atoms with Gasteiger partial charge in [-0.05, 0) is 16.7 Å². The summed E-state index contributed by atoms with van der Waals surface area (Å²) in [7, 11) is 1.42. The number of hydrogen-bond acceptors (Lipinski definition) is 3. The van der Waals surface area contributed by atoms with E-state index in [1.54, 1.807) is 0 Å². The van der Waals surface area contributed by atoms with Gasteiger partial charge in [0.15, 0.2) is 0 Å². The number of nitrogens with one attached hydrogen (secondary N) is 1. The minimum absolute atomic E-state index is 0.208. The van der Waals surface area contributed by atoms with Gasteiger partial charge in [0.1, 0.15) is 0 Å². The van der Waals surface area contributed by atoms with E-state index in [2.05, 4.69) is 17.4 Å². The molecule has 0 bridgehead atoms. The maximum atomic E-state index is 11.4. The monoisotopic (exact) mass is 269 g/mol. The van der Waals surface area contributed by atoms with Gasteiger partial charge in [-0.25, -0.2) is 0 Å². The third-order valence-electron chi connectivity index (χ3n) is 3.17. The van der Waals surface area contributed by atoms with Crippen LogP contribution in [0, 0.1) is 0 Å². The summed E-state index contributed by atoms with van der Waals surface area (Å²) in [4.78, 5) is 11.4. The zero-order valence-corrected chi connectivity index (χ0v) is 11.6. The Bertz CT molecular complexity index is 552. The SMILES string of the molecule is COC(=O)Cc1ccccc1CNCc1ccccc1. The van der Waals surface area contributed by atoms with Crippen molar-refractivity contribution in [2.75, 3.05) is 7.11 Å². The van der Waals surface area contributed by atoms with Gasteiger partial charge >= 0.3 is 5.97 Å². The number of hydrogen-bond donors (Lipinski definition) is 1. The van der Waals surface area contributed by atoms with Crippen molar-refractivity contribution in [3.05, 3.63) is 71.3 Å². The number of esters is 1. The Kier molecular flexibility index (Phi) is 5.33. The van der Waals surface area contributed by atoms with Crippen LogP contribution >= 0.6 is 0 Å². The average molecular weight is 269 g/mol. The first-order chi connectivity index (χ1) is 9.79. The molecule has 2 aromatic carbocycles.